The lowest BCUT2D eigenvalue weighted by atomic mass is 10.2. The van der Waals surface area contributed by atoms with Gasteiger partial charge in [-0.2, -0.15) is 0 Å². The first-order chi connectivity index (χ1) is 12.9. The van der Waals surface area contributed by atoms with E-state index >= 15 is 0 Å². The number of sulfonamides is 1. The molecule has 2 aromatic rings. The Morgan fingerprint density at radius 3 is 2.44 bits per heavy atom. The maximum absolute atomic E-state index is 13.8. The fraction of sp³-hybridized carbons (Fsp3) is 0.368. The summed E-state index contributed by atoms with van der Waals surface area (Å²) < 4.78 is 59.5. The summed E-state index contributed by atoms with van der Waals surface area (Å²) in [7, 11) is -4.12. The van der Waals surface area contributed by atoms with Crippen LogP contribution < -0.4 is 9.46 Å². The smallest absolute Gasteiger partial charge is 0.243 e. The molecule has 148 valence electrons. The number of nitrogens with one attached hydrogen (secondary N) is 1. The molecule has 0 radical (unpaired) electrons. The summed E-state index contributed by atoms with van der Waals surface area (Å²) in [5.74, 6) is -1.41. The maximum Gasteiger partial charge on any atom is 0.243 e. The number of hydrogen-bond acceptors (Lipinski definition) is 4. The van der Waals surface area contributed by atoms with Gasteiger partial charge < -0.3 is 9.64 Å². The topological polar surface area (TPSA) is 58.6 Å². The molecule has 0 atom stereocenters. The van der Waals surface area contributed by atoms with Crippen molar-refractivity contribution in [1.29, 1.82) is 0 Å². The minimum absolute atomic E-state index is 0.0689. The number of halogens is 2. The minimum Gasteiger partial charge on any atom is -0.492 e. The lowest BCUT2D eigenvalue weighted by Gasteiger charge is -2.19. The van der Waals surface area contributed by atoms with Crippen LogP contribution in [-0.4, -0.2) is 39.6 Å². The van der Waals surface area contributed by atoms with E-state index in [-0.39, 0.29) is 6.54 Å². The summed E-state index contributed by atoms with van der Waals surface area (Å²) >= 11 is 0. The predicted octanol–water partition coefficient (Wildman–Crippen LogP) is 3.16. The number of likely N-dealkylation sites (N-methyl/N-ethyl adjacent to an activating group) is 1. The van der Waals surface area contributed by atoms with Gasteiger partial charge in [-0.05, 0) is 31.3 Å². The second kappa shape index (κ2) is 9.77. The normalized spacial score (nSPS) is 11.7. The fourth-order valence-electron chi connectivity index (χ4n) is 2.56. The van der Waals surface area contributed by atoms with Gasteiger partial charge >= 0.3 is 0 Å². The molecule has 0 fully saturated rings. The van der Waals surface area contributed by atoms with Crippen LogP contribution in [0.2, 0.25) is 0 Å². The van der Waals surface area contributed by atoms with Crippen molar-refractivity contribution < 1.29 is 21.9 Å². The predicted molar refractivity (Wildman–Crippen MR) is 100 cm³/mol. The van der Waals surface area contributed by atoms with E-state index in [1.807, 2.05) is 0 Å². The lowest BCUT2D eigenvalue weighted by Crippen LogP contribution is -2.28. The van der Waals surface area contributed by atoms with Crippen molar-refractivity contribution in [3.8, 4) is 5.75 Å². The van der Waals surface area contributed by atoms with Crippen molar-refractivity contribution in [2.45, 2.75) is 25.3 Å². The SMILES string of the molecule is CCN(CC)CCOc1ccccc1CNS(=O)(=O)c1ccc(F)cc1F. The van der Waals surface area contributed by atoms with Gasteiger partial charge in [-0.1, -0.05) is 32.0 Å². The number of ether oxygens (including phenoxy) is 1. The molecule has 2 rings (SSSR count). The second-order valence-electron chi connectivity index (χ2n) is 5.88. The second-order valence-corrected chi connectivity index (χ2v) is 7.62. The van der Waals surface area contributed by atoms with Gasteiger partial charge in [0.15, 0.2) is 0 Å². The minimum atomic E-state index is -4.12. The van der Waals surface area contributed by atoms with Gasteiger partial charge in [0.1, 0.15) is 28.9 Å². The molecule has 0 aliphatic rings. The molecule has 0 saturated heterocycles. The van der Waals surface area contributed by atoms with Crippen molar-refractivity contribution >= 4 is 10.0 Å². The molecule has 0 saturated carbocycles. The summed E-state index contributed by atoms with van der Waals surface area (Å²) in [5, 5.41) is 0. The average Bonchev–Trinajstić information content (AvgIpc) is 2.64. The lowest BCUT2D eigenvalue weighted by molar-refractivity contribution is 0.221. The van der Waals surface area contributed by atoms with E-state index in [4.69, 9.17) is 4.74 Å². The van der Waals surface area contributed by atoms with Gasteiger partial charge in [-0.15, -0.1) is 0 Å². The van der Waals surface area contributed by atoms with E-state index in [0.717, 1.165) is 31.8 Å². The fourth-order valence-corrected chi connectivity index (χ4v) is 3.62. The Morgan fingerprint density at radius 1 is 1.07 bits per heavy atom. The van der Waals surface area contributed by atoms with Crippen molar-refractivity contribution in [3.63, 3.8) is 0 Å². The number of benzene rings is 2. The Balaban J connectivity index is 2.05. The van der Waals surface area contributed by atoms with Crippen LogP contribution in [0.15, 0.2) is 47.4 Å². The van der Waals surface area contributed by atoms with Gasteiger partial charge in [0, 0.05) is 24.7 Å². The van der Waals surface area contributed by atoms with E-state index in [2.05, 4.69) is 23.5 Å². The van der Waals surface area contributed by atoms with E-state index in [1.165, 1.54) is 0 Å². The molecular weight excluding hydrogens is 374 g/mol. The van der Waals surface area contributed by atoms with Crippen molar-refractivity contribution in [3.05, 3.63) is 59.7 Å². The quantitative estimate of drug-likeness (QED) is 0.668. The Kier molecular flexibility index (Phi) is 7.70. The molecule has 5 nitrogen and oxygen atoms in total. The summed E-state index contributed by atoms with van der Waals surface area (Å²) in [6.45, 7) is 7.14. The largest absolute Gasteiger partial charge is 0.492 e. The Labute approximate surface area is 159 Å². The van der Waals surface area contributed by atoms with E-state index in [1.54, 1.807) is 24.3 Å². The highest BCUT2D eigenvalue weighted by Crippen LogP contribution is 2.20. The molecule has 0 unspecified atom stereocenters. The Morgan fingerprint density at radius 2 is 1.78 bits per heavy atom. The highest BCUT2D eigenvalue weighted by Gasteiger charge is 2.20. The van der Waals surface area contributed by atoms with Gasteiger partial charge in [-0.25, -0.2) is 21.9 Å². The average molecular weight is 398 g/mol. The van der Waals surface area contributed by atoms with Crippen molar-refractivity contribution in [1.82, 2.24) is 9.62 Å². The van der Waals surface area contributed by atoms with Gasteiger partial charge in [0.2, 0.25) is 10.0 Å². The van der Waals surface area contributed by atoms with Crippen molar-refractivity contribution in [2.24, 2.45) is 0 Å². The highest BCUT2D eigenvalue weighted by molar-refractivity contribution is 7.89. The number of para-hydroxylation sites is 1. The molecule has 0 aliphatic heterocycles. The molecule has 2 aromatic carbocycles. The summed E-state index contributed by atoms with van der Waals surface area (Å²) in [4.78, 5) is 1.62. The Hall–Kier alpha value is -2.03. The Bertz CT molecular complexity index is 856. The highest BCUT2D eigenvalue weighted by atomic mass is 32.2. The monoisotopic (exact) mass is 398 g/mol. The standard InChI is InChI=1S/C19H24F2N2O3S/c1-3-23(4-2)11-12-26-18-8-6-5-7-15(18)14-22-27(24,25)19-10-9-16(20)13-17(19)21/h5-10,13,22H,3-4,11-12,14H2,1-2H3. The third-order valence-electron chi connectivity index (χ3n) is 4.17. The first-order valence-electron chi connectivity index (χ1n) is 8.75. The van der Waals surface area contributed by atoms with E-state index in [9.17, 15) is 17.2 Å². The van der Waals surface area contributed by atoms with Crippen LogP contribution in [-0.2, 0) is 16.6 Å². The third kappa shape index (κ3) is 5.98. The zero-order valence-electron chi connectivity index (χ0n) is 15.4. The van der Waals surface area contributed by atoms with E-state index in [0.29, 0.717) is 24.0 Å². The van der Waals surface area contributed by atoms with Crippen molar-refractivity contribution in [2.75, 3.05) is 26.2 Å². The number of rotatable bonds is 10. The summed E-state index contributed by atoms with van der Waals surface area (Å²) in [6.07, 6.45) is 0. The van der Waals surface area contributed by atoms with E-state index < -0.39 is 26.6 Å². The molecule has 27 heavy (non-hydrogen) atoms. The molecule has 0 aromatic heterocycles. The van der Waals surface area contributed by atoms with Gasteiger partial charge in [0.25, 0.3) is 0 Å². The zero-order valence-corrected chi connectivity index (χ0v) is 16.2. The van der Waals surface area contributed by atoms with Crippen LogP contribution in [0, 0.1) is 11.6 Å². The maximum atomic E-state index is 13.8. The molecule has 0 bridgehead atoms. The zero-order chi connectivity index (χ0) is 19.9. The molecule has 1 N–H and O–H groups in total. The van der Waals surface area contributed by atoms with Crippen LogP contribution in [0.5, 0.6) is 5.75 Å². The number of hydrogen-bond donors (Lipinski definition) is 1. The van der Waals surface area contributed by atoms with Crippen LogP contribution in [0.4, 0.5) is 8.78 Å². The van der Waals surface area contributed by atoms with Gasteiger partial charge in [0.05, 0.1) is 0 Å². The molecule has 0 spiro atoms. The number of nitrogens with zero attached hydrogens (tertiary/aromatic N) is 1. The van der Waals surface area contributed by atoms with Crippen LogP contribution in [0.25, 0.3) is 0 Å². The summed E-state index contributed by atoms with van der Waals surface area (Å²) in [6, 6.07) is 9.39. The van der Waals surface area contributed by atoms with Gasteiger partial charge in [-0.3, -0.25) is 0 Å². The molecule has 0 heterocycles. The molecular formula is C19H24F2N2O3S. The molecule has 0 aliphatic carbocycles. The first-order valence-corrected chi connectivity index (χ1v) is 10.2. The van der Waals surface area contributed by atoms with Crippen LogP contribution >= 0.6 is 0 Å². The molecule has 0 amide bonds. The third-order valence-corrected chi connectivity index (χ3v) is 5.60. The van der Waals surface area contributed by atoms with Crippen LogP contribution in [0.1, 0.15) is 19.4 Å². The van der Waals surface area contributed by atoms with Crippen LogP contribution in [0.3, 0.4) is 0 Å². The molecule has 8 heteroatoms. The summed E-state index contributed by atoms with van der Waals surface area (Å²) in [5.41, 5.74) is 0.628. The first kappa shape index (κ1) is 21.3.